The van der Waals surface area contributed by atoms with Crippen LogP contribution < -0.4 is 5.32 Å². The van der Waals surface area contributed by atoms with Gasteiger partial charge in [0.1, 0.15) is 0 Å². The maximum absolute atomic E-state index is 12.4. The number of amides is 1. The Labute approximate surface area is 114 Å². The average Bonchev–Trinajstić information content (AvgIpc) is 2.90. The van der Waals surface area contributed by atoms with Gasteiger partial charge in [-0.1, -0.05) is 12.1 Å². The van der Waals surface area contributed by atoms with Crippen LogP contribution in [0.3, 0.4) is 0 Å². The Morgan fingerprint density at radius 2 is 2.26 bits per heavy atom. The van der Waals surface area contributed by atoms with Crippen LogP contribution in [0.2, 0.25) is 0 Å². The Morgan fingerprint density at radius 3 is 3.00 bits per heavy atom. The van der Waals surface area contributed by atoms with Crippen molar-refractivity contribution in [2.24, 2.45) is 0 Å². The van der Waals surface area contributed by atoms with Crippen molar-refractivity contribution < 1.29 is 9.53 Å². The molecule has 1 N–H and O–H groups in total. The average molecular weight is 260 g/mol. The third-order valence-corrected chi connectivity index (χ3v) is 3.29. The lowest BCUT2D eigenvalue weighted by Gasteiger charge is -2.21. The summed E-state index contributed by atoms with van der Waals surface area (Å²) in [5.41, 5.74) is 3.24. The van der Waals surface area contributed by atoms with E-state index in [1.807, 2.05) is 18.2 Å². The van der Waals surface area contributed by atoms with Gasteiger partial charge in [-0.3, -0.25) is 4.79 Å². The van der Waals surface area contributed by atoms with E-state index in [9.17, 15) is 4.79 Å². The van der Waals surface area contributed by atoms with Gasteiger partial charge in [0.05, 0.1) is 6.61 Å². The molecule has 0 unspecified atom stereocenters. The van der Waals surface area contributed by atoms with Crippen LogP contribution in [0, 0.1) is 0 Å². The largest absolute Gasteiger partial charge is 0.383 e. The number of hydrogen-bond acceptors (Lipinski definition) is 3. The minimum atomic E-state index is 0.0339. The van der Waals surface area contributed by atoms with Crippen LogP contribution in [-0.2, 0) is 17.8 Å². The second kappa shape index (κ2) is 6.50. The lowest BCUT2D eigenvalue weighted by Crippen LogP contribution is -2.34. The van der Waals surface area contributed by atoms with Crippen LogP contribution in [-0.4, -0.2) is 37.6 Å². The number of benzene rings is 1. The first kappa shape index (κ1) is 13.8. The molecule has 1 heterocycles. The molecule has 1 aromatic rings. The summed E-state index contributed by atoms with van der Waals surface area (Å²) in [5.74, 6) is 0.0339. The highest BCUT2D eigenvalue weighted by Crippen LogP contribution is 2.18. The van der Waals surface area contributed by atoms with E-state index in [4.69, 9.17) is 4.74 Å². The molecule has 19 heavy (non-hydrogen) atoms. The van der Waals surface area contributed by atoms with Gasteiger partial charge in [-0.25, -0.2) is 0 Å². The molecule has 0 saturated heterocycles. The summed E-state index contributed by atoms with van der Waals surface area (Å²) in [7, 11) is 1.64. The first-order valence-electron chi connectivity index (χ1n) is 6.48. The fourth-order valence-electron chi connectivity index (χ4n) is 2.24. The second-order valence-corrected chi connectivity index (χ2v) is 4.62. The molecule has 0 atom stereocenters. The molecular formula is C15H20N2O2. The van der Waals surface area contributed by atoms with Crippen molar-refractivity contribution in [3.05, 3.63) is 47.5 Å². The van der Waals surface area contributed by atoms with Crippen molar-refractivity contribution in [1.29, 1.82) is 0 Å². The van der Waals surface area contributed by atoms with E-state index in [0.29, 0.717) is 19.7 Å². The summed E-state index contributed by atoms with van der Waals surface area (Å²) >= 11 is 0. The van der Waals surface area contributed by atoms with Crippen LogP contribution in [0.1, 0.15) is 21.5 Å². The van der Waals surface area contributed by atoms with E-state index in [2.05, 4.69) is 11.9 Å². The Hall–Kier alpha value is -1.65. The third kappa shape index (κ3) is 3.22. The van der Waals surface area contributed by atoms with E-state index in [0.717, 1.165) is 18.7 Å². The molecule has 0 saturated carbocycles. The number of hydrogen-bond donors (Lipinski definition) is 1. The zero-order valence-corrected chi connectivity index (χ0v) is 11.3. The van der Waals surface area contributed by atoms with Gasteiger partial charge in [0.25, 0.3) is 5.91 Å². The summed E-state index contributed by atoms with van der Waals surface area (Å²) in [6.45, 7) is 7.09. The summed E-state index contributed by atoms with van der Waals surface area (Å²) in [6, 6.07) is 5.92. The summed E-state index contributed by atoms with van der Waals surface area (Å²) in [6.07, 6.45) is 1.74. The number of nitrogens with zero attached hydrogens (tertiary/aromatic N) is 1. The predicted octanol–water partition coefficient (Wildman–Crippen LogP) is 1.56. The van der Waals surface area contributed by atoms with Gasteiger partial charge >= 0.3 is 0 Å². The zero-order chi connectivity index (χ0) is 13.7. The van der Waals surface area contributed by atoms with E-state index >= 15 is 0 Å². The van der Waals surface area contributed by atoms with Gasteiger partial charge in [0.15, 0.2) is 0 Å². The third-order valence-electron chi connectivity index (χ3n) is 3.29. The minimum Gasteiger partial charge on any atom is -0.383 e. The smallest absolute Gasteiger partial charge is 0.254 e. The van der Waals surface area contributed by atoms with Crippen molar-refractivity contribution in [2.75, 3.05) is 26.8 Å². The van der Waals surface area contributed by atoms with Crippen molar-refractivity contribution in [1.82, 2.24) is 10.2 Å². The van der Waals surface area contributed by atoms with Crippen LogP contribution in [0.5, 0.6) is 0 Å². The van der Waals surface area contributed by atoms with Crippen LogP contribution in [0.25, 0.3) is 0 Å². The molecule has 1 aliphatic rings. The topological polar surface area (TPSA) is 41.6 Å². The number of nitrogens with one attached hydrogen (secondary N) is 1. The fourth-order valence-corrected chi connectivity index (χ4v) is 2.24. The molecule has 0 bridgehead atoms. The summed E-state index contributed by atoms with van der Waals surface area (Å²) in [5, 5.41) is 3.28. The maximum Gasteiger partial charge on any atom is 0.254 e. The quantitative estimate of drug-likeness (QED) is 0.789. The SMILES string of the molecule is C=CCN(CCOC)C(=O)c1ccc2c(c1)CNC2. The molecule has 102 valence electrons. The maximum atomic E-state index is 12.4. The van der Waals surface area contributed by atoms with Crippen molar-refractivity contribution in [3.63, 3.8) is 0 Å². The number of methoxy groups -OCH3 is 1. The standard InChI is InChI=1S/C15H20N2O2/c1-3-6-17(7-8-19-2)15(18)12-4-5-13-10-16-11-14(13)9-12/h3-5,9,16H,1,6-8,10-11H2,2H3. The molecular weight excluding hydrogens is 240 g/mol. The van der Waals surface area contributed by atoms with E-state index in [1.54, 1.807) is 18.1 Å². The van der Waals surface area contributed by atoms with Gasteiger partial charge in [-0.05, 0) is 23.3 Å². The van der Waals surface area contributed by atoms with Crippen LogP contribution >= 0.6 is 0 Å². The van der Waals surface area contributed by atoms with Gasteiger partial charge < -0.3 is 15.0 Å². The Balaban J connectivity index is 2.14. The molecule has 0 aromatic heterocycles. The van der Waals surface area contributed by atoms with Crippen molar-refractivity contribution in [2.45, 2.75) is 13.1 Å². The van der Waals surface area contributed by atoms with E-state index in [1.165, 1.54) is 11.1 Å². The van der Waals surface area contributed by atoms with Crippen LogP contribution in [0.4, 0.5) is 0 Å². The molecule has 4 heteroatoms. The van der Waals surface area contributed by atoms with E-state index < -0.39 is 0 Å². The Bertz CT molecular complexity index is 471. The van der Waals surface area contributed by atoms with Gasteiger partial charge in [-0.15, -0.1) is 6.58 Å². The minimum absolute atomic E-state index is 0.0339. The predicted molar refractivity (Wildman–Crippen MR) is 75.0 cm³/mol. The lowest BCUT2D eigenvalue weighted by atomic mass is 10.1. The van der Waals surface area contributed by atoms with Crippen molar-refractivity contribution >= 4 is 5.91 Å². The zero-order valence-electron chi connectivity index (χ0n) is 11.3. The molecule has 4 nitrogen and oxygen atoms in total. The number of carbonyl (C=O) groups is 1. The number of ether oxygens (including phenoxy) is 1. The highest BCUT2D eigenvalue weighted by Gasteiger charge is 2.17. The summed E-state index contributed by atoms with van der Waals surface area (Å²) in [4.78, 5) is 14.2. The molecule has 0 spiro atoms. The Morgan fingerprint density at radius 1 is 1.47 bits per heavy atom. The summed E-state index contributed by atoms with van der Waals surface area (Å²) < 4.78 is 5.04. The van der Waals surface area contributed by atoms with Gasteiger partial charge in [0, 0.05) is 38.9 Å². The normalized spacial score (nSPS) is 13.1. The number of fused-ring (bicyclic) bond motifs is 1. The fraction of sp³-hybridized carbons (Fsp3) is 0.400. The molecule has 1 amide bonds. The molecule has 0 aliphatic carbocycles. The first-order valence-corrected chi connectivity index (χ1v) is 6.48. The molecule has 0 radical (unpaired) electrons. The second-order valence-electron chi connectivity index (χ2n) is 4.62. The molecule has 2 rings (SSSR count). The number of rotatable bonds is 6. The highest BCUT2D eigenvalue weighted by molar-refractivity contribution is 5.94. The molecule has 1 aromatic carbocycles. The molecule has 0 fully saturated rings. The van der Waals surface area contributed by atoms with Gasteiger partial charge in [0.2, 0.25) is 0 Å². The lowest BCUT2D eigenvalue weighted by molar-refractivity contribution is 0.0718. The number of carbonyl (C=O) groups excluding carboxylic acids is 1. The molecule has 1 aliphatic heterocycles. The van der Waals surface area contributed by atoms with Crippen molar-refractivity contribution in [3.8, 4) is 0 Å². The van der Waals surface area contributed by atoms with E-state index in [-0.39, 0.29) is 5.91 Å². The monoisotopic (exact) mass is 260 g/mol. The Kier molecular flexibility index (Phi) is 4.71. The first-order chi connectivity index (χ1) is 9.26. The highest BCUT2D eigenvalue weighted by atomic mass is 16.5. The van der Waals surface area contributed by atoms with Gasteiger partial charge in [-0.2, -0.15) is 0 Å². The van der Waals surface area contributed by atoms with Crippen LogP contribution in [0.15, 0.2) is 30.9 Å².